The molecule has 34 N–H and O–H groups in total. The number of aliphatic hydroxyl groups is 5. The van der Waals surface area contributed by atoms with Gasteiger partial charge < -0.3 is 164 Å². The standard InChI is InChI=1S/C94H155N25O30/c1-17-46(10)71(115-74(129)48(12)102-88(143)70(97)50(14)122)89(144)111-61(39-69(127)128)78(133)103-49(13)91(146)118-30-22-27-65(118)87(142)114-64(41-121)85(140)109-59(37-67(95)125)82(137)106-56(33-43(4)5)79(134)104-54(26-21-29-100-94(98)99)76(131)108-58(36-53-24-19-18-20-25-53)81(136)105-55(32-42(2)3)77(132)101-47(11)75(130)116-72(51(15)123)90(145)117-73(52(16)124)92(147)119-31-23-28-66(119)86(141)110-60(38-68(96)126)83(138)113-63(40-120)84(139)107-57(34-44(6)7)80(135)112-62(93(148)149)35-45(8)9/h18-20,24-25,42-52,54-66,70-73,120-124H,17,21-23,26-41,97H2,1-16H3,(H2,95,125)(H2,96,126)(H,101,132)(H,102,143)(H,103,133)(H,104,134)(H,105,136)(H,106,137)(H,107,139)(H,108,131)(H,109,140)(H,110,141)(H,111,144)(H,112,135)(H,113,138)(H,114,142)(H,115,129)(H,116,130)(H,117,145)(H,127,128)(H,148,149)(H4,98,99,100)/t46-,47-,48-,49-,50+,51+,52+,54-,55-,56-,57-,58-,59-,60-,61-,62-,63-,64-,65-,66-,70-,71-,72-,73-/m0/s1. The smallest absolute Gasteiger partial charge is 0.326 e. The quantitative estimate of drug-likeness (QED) is 0.0164. The number of likely N-dealkylation sites (tertiary alicyclic amines) is 2. The molecule has 0 spiro atoms. The number of aliphatic hydroxyl groups excluding tert-OH is 5. The van der Waals surface area contributed by atoms with Crippen molar-refractivity contribution < 1.29 is 146 Å². The number of guanidine groups is 1. The zero-order valence-electron chi connectivity index (χ0n) is 86.9. The van der Waals surface area contributed by atoms with E-state index in [4.69, 9.17) is 28.3 Å². The number of carbonyl (C=O) groups is 23. The van der Waals surface area contributed by atoms with Gasteiger partial charge in [-0.1, -0.05) is 106 Å². The van der Waals surface area contributed by atoms with E-state index in [1.54, 1.807) is 99.6 Å². The number of carboxylic acid groups (broad SMARTS) is 2. The molecule has 2 heterocycles. The number of aliphatic carboxylic acids is 2. The fraction of sp³-hybridized carbons (Fsp3) is 0.681. The van der Waals surface area contributed by atoms with Crippen LogP contribution < -0.4 is 119 Å². The van der Waals surface area contributed by atoms with Gasteiger partial charge in [-0.3, -0.25) is 111 Å². The molecule has 0 radical (unpaired) electrons. The van der Waals surface area contributed by atoms with Crippen LogP contribution in [0.25, 0.3) is 0 Å². The molecule has 55 heteroatoms. The summed E-state index contributed by atoms with van der Waals surface area (Å²) in [6.07, 6.45) is -8.47. The Morgan fingerprint density at radius 2 is 0.705 bits per heavy atom. The van der Waals surface area contributed by atoms with Crippen LogP contribution in [0.15, 0.2) is 30.3 Å². The first-order valence-corrected chi connectivity index (χ1v) is 49.5. The molecule has 2 saturated heterocycles. The monoisotopic (exact) mass is 2110 g/mol. The van der Waals surface area contributed by atoms with Gasteiger partial charge in [0.25, 0.3) is 0 Å². The minimum absolute atomic E-state index is 0.0297. The van der Waals surface area contributed by atoms with Crippen LogP contribution in [-0.4, -0.2) is 359 Å². The van der Waals surface area contributed by atoms with E-state index in [-0.39, 0.29) is 109 Å². The number of carboxylic acids is 2. The molecule has 0 saturated carbocycles. The summed E-state index contributed by atoms with van der Waals surface area (Å²) in [4.78, 5) is 319. The normalized spacial score (nSPS) is 17.8. The summed E-state index contributed by atoms with van der Waals surface area (Å²) in [6.45, 7) is 21.0. The van der Waals surface area contributed by atoms with Crippen LogP contribution in [0, 0.1) is 35.0 Å². The van der Waals surface area contributed by atoms with Crippen molar-refractivity contribution in [2.45, 2.75) is 346 Å². The maximum absolute atomic E-state index is 15.0. The summed E-state index contributed by atoms with van der Waals surface area (Å²) in [7, 11) is 0. The summed E-state index contributed by atoms with van der Waals surface area (Å²) >= 11 is 0. The molecular weight excluding hydrogens is 1960 g/mol. The van der Waals surface area contributed by atoms with Gasteiger partial charge in [0.2, 0.25) is 124 Å². The molecule has 2 aliphatic heterocycles. The summed E-state index contributed by atoms with van der Waals surface area (Å²) in [5.41, 5.74) is 22.7. The zero-order chi connectivity index (χ0) is 113. The van der Waals surface area contributed by atoms with Crippen LogP contribution in [0.3, 0.4) is 0 Å². The largest absolute Gasteiger partial charge is 0.481 e. The van der Waals surface area contributed by atoms with Crippen molar-refractivity contribution in [3.05, 3.63) is 35.9 Å². The van der Waals surface area contributed by atoms with Gasteiger partial charge in [0.1, 0.15) is 121 Å². The van der Waals surface area contributed by atoms with Crippen molar-refractivity contribution in [3.8, 4) is 0 Å². The Balaban J connectivity index is 1.87. The van der Waals surface area contributed by atoms with Crippen LogP contribution in [0.5, 0.6) is 0 Å². The van der Waals surface area contributed by atoms with Gasteiger partial charge in [-0.2, -0.15) is 0 Å². The topological polar surface area (TPSA) is 885 Å². The van der Waals surface area contributed by atoms with Crippen LogP contribution in [0.1, 0.15) is 206 Å². The van der Waals surface area contributed by atoms with Gasteiger partial charge in [-0.05, 0) is 141 Å². The second-order valence-electron chi connectivity index (χ2n) is 39.2. The van der Waals surface area contributed by atoms with Crippen LogP contribution >= 0.6 is 0 Å². The summed E-state index contributed by atoms with van der Waals surface area (Å²) in [5, 5.41) is 123. The number of rotatable bonds is 64. The molecular formula is C94H155N25O30. The molecule has 149 heavy (non-hydrogen) atoms. The molecule has 24 atom stereocenters. The van der Waals surface area contributed by atoms with Crippen LogP contribution in [-0.2, 0) is 117 Å². The second kappa shape index (κ2) is 63.0. The number of hydrogen-bond acceptors (Lipinski definition) is 30. The van der Waals surface area contributed by atoms with Crippen molar-refractivity contribution in [2.24, 2.45) is 52.5 Å². The Bertz CT molecular complexity index is 4820. The minimum atomic E-state index is -1.98. The van der Waals surface area contributed by atoms with Gasteiger partial charge in [0, 0.05) is 26.1 Å². The molecule has 55 nitrogen and oxygen atoms in total. The molecule has 1 aromatic rings. The Hall–Kier alpha value is -13.9. The molecule has 0 aromatic heterocycles. The van der Waals surface area contributed by atoms with Crippen molar-refractivity contribution >= 4 is 142 Å². The maximum atomic E-state index is 15.0. The van der Waals surface area contributed by atoms with E-state index in [0.29, 0.717) is 5.56 Å². The lowest BCUT2D eigenvalue weighted by atomic mass is 9.97. The molecule has 2 aliphatic rings. The summed E-state index contributed by atoms with van der Waals surface area (Å²) < 4.78 is 0. The fourth-order valence-corrected chi connectivity index (χ4v) is 15.9. The lowest BCUT2D eigenvalue weighted by Crippen LogP contribution is -2.63. The average molecular weight is 2120 g/mol. The third kappa shape index (κ3) is 43.8. The molecule has 0 aliphatic carbocycles. The predicted octanol–water partition coefficient (Wildman–Crippen LogP) is -10.2. The summed E-state index contributed by atoms with van der Waals surface area (Å²) in [5.74, 6) is -28.3. The highest BCUT2D eigenvalue weighted by molar-refractivity contribution is 6.04. The molecule has 3 rings (SSSR count). The number of primary amides is 2. The van der Waals surface area contributed by atoms with E-state index >= 15 is 0 Å². The third-order valence-corrected chi connectivity index (χ3v) is 24.2. The number of benzene rings is 1. The number of nitrogens with one attached hydrogen (secondary N) is 19. The van der Waals surface area contributed by atoms with E-state index in [2.05, 4.69) is 95.7 Å². The predicted molar refractivity (Wildman–Crippen MR) is 531 cm³/mol. The number of amides is 21. The maximum Gasteiger partial charge on any atom is 0.326 e. The van der Waals surface area contributed by atoms with Gasteiger partial charge >= 0.3 is 11.9 Å². The van der Waals surface area contributed by atoms with E-state index < -0.39 is 331 Å². The Labute approximate surface area is 862 Å². The zero-order valence-corrected chi connectivity index (χ0v) is 86.9. The van der Waals surface area contributed by atoms with E-state index in [0.717, 1.165) is 30.6 Å². The lowest BCUT2D eigenvalue weighted by molar-refractivity contribution is -0.145. The summed E-state index contributed by atoms with van der Waals surface area (Å²) in [6, 6.07) is -24.8. The van der Waals surface area contributed by atoms with Crippen molar-refractivity contribution in [3.63, 3.8) is 0 Å². The fourth-order valence-electron chi connectivity index (χ4n) is 15.9. The highest BCUT2D eigenvalue weighted by atomic mass is 16.4. The molecule has 21 amide bonds. The van der Waals surface area contributed by atoms with E-state index in [1.165, 1.54) is 20.8 Å². The lowest BCUT2D eigenvalue weighted by Gasteiger charge is -2.32. The van der Waals surface area contributed by atoms with Gasteiger partial charge in [-0.15, -0.1) is 0 Å². The van der Waals surface area contributed by atoms with Crippen molar-refractivity contribution in [1.82, 2.24) is 106 Å². The second-order valence-corrected chi connectivity index (χ2v) is 39.2. The molecule has 836 valence electrons. The first-order chi connectivity index (χ1) is 69.6. The first-order valence-electron chi connectivity index (χ1n) is 49.5. The Morgan fingerprint density at radius 1 is 0.369 bits per heavy atom. The van der Waals surface area contributed by atoms with Gasteiger partial charge in [0.15, 0.2) is 5.96 Å². The van der Waals surface area contributed by atoms with Crippen LogP contribution in [0.4, 0.5) is 0 Å². The van der Waals surface area contributed by atoms with Crippen LogP contribution in [0.2, 0.25) is 0 Å². The third-order valence-electron chi connectivity index (χ3n) is 24.2. The van der Waals surface area contributed by atoms with Crippen molar-refractivity contribution in [1.29, 1.82) is 5.41 Å². The Morgan fingerprint density at radius 3 is 1.13 bits per heavy atom. The number of carbonyl (C=O) groups excluding carboxylic acids is 21. The highest BCUT2D eigenvalue weighted by Gasteiger charge is 2.46. The molecule has 2 fully saturated rings. The van der Waals surface area contributed by atoms with E-state index in [1.807, 2.05) is 0 Å². The Kier molecular flexibility index (Phi) is 54.7. The van der Waals surface area contributed by atoms with Gasteiger partial charge in [-0.25, -0.2) is 4.79 Å². The number of hydrogen-bond donors (Lipinski definition) is 30. The highest BCUT2D eigenvalue weighted by Crippen LogP contribution is 2.24. The van der Waals surface area contributed by atoms with E-state index in [9.17, 15) is 146 Å². The first kappa shape index (κ1) is 129. The average Bonchev–Trinajstić information content (AvgIpc) is 1.33. The van der Waals surface area contributed by atoms with Gasteiger partial charge in [0.05, 0.1) is 50.8 Å². The molecule has 0 unspecified atom stereocenters. The number of nitrogens with two attached hydrogens (primary N) is 4. The van der Waals surface area contributed by atoms with Crippen molar-refractivity contribution in [2.75, 3.05) is 32.8 Å². The number of nitrogens with zero attached hydrogens (tertiary/aromatic N) is 2. The minimum Gasteiger partial charge on any atom is -0.481 e. The molecule has 1 aromatic carbocycles. The molecule has 0 bridgehead atoms. The SMILES string of the molecule is CC[C@H](C)[C@H](NC(=O)[C@H](C)NC(=O)[C@@H](N)[C@@H](C)O)C(=O)N[C@@H](CC(=O)O)C(=O)N[C@@H](C)C(=O)N1CCC[C@H]1C(=O)N[C@@H](CO)C(=O)N[C@@H](CC(N)=O)C(=O)N[C@@H](CC(C)C)C(=O)N[C@@H](CCCNC(=N)N)C(=O)N[C@@H](Cc1ccccc1)C(=O)N[C@@H](CC(C)C)C(=O)N[C@@H](C)C(=O)N[C@H](C(=O)N[C@H](C(=O)N1CCC[C@H]1C(=O)N[C@@H](CC(N)=O)C(=O)N[C@@H](CO)C(=O)N[C@@H](CC(C)C)C(=O)N[C@@H](CC(C)C)C(=O)O)[C@@H](C)O)[C@@H](C)O.